The summed E-state index contributed by atoms with van der Waals surface area (Å²) in [5.74, 6) is -0.365. The second kappa shape index (κ2) is 8.19. The Kier molecular flexibility index (Phi) is 6.01. The van der Waals surface area contributed by atoms with Crippen molar-refractivity contribution in [3.8, 4) is 0 Å². The van der Waals surface area contributed by atoms with Crippen molar-refractivity contribution in [1.82, 2.24) is 20.6 Å². The molecular weight excluding hydrogens is 304 g/mol. The number of carbonyl (C=O) groups excluding carboxylic acids is 2. The maximum absolute atomic E-state index is 12.0. The van der Waals surface area contributed by atoms with E-state index in [1.165, 1.54) is 6.20 Å². The number of aromatic nitrogens is 2. The lowest BCUT2D eigenvalue weighted by Crippen LogP contribution is -2.31. The fourth-order valence-electron chi connectivity index (χ4n) is 1.97. The summed E-state index contributed by atoms with van der Waals surface area (Å²) >= 11 is 0. The first-order chi connectivity index (χ1) is 11.5. The number of nitrogens with one attached hydrogen (secondary N) is 2. The first kappa shape index (κ1) is 17.6. The van der Waals surface area contributed by atoms with Crippen molar-refractivity contribution < 1.29 is 9.59 Å². The van der Waals surface area contributed by atoms with Crippen molar-refractivity contribution in [1.29, 1.82) is 0 Å². The summed E-state index contributed by atoms with van der Waals surface area (Å²) in [7, 11) is 0. The Morgan fingerprint density at radius 1 is 1.08 bits per heavy atom. The molecule has 2 N–H and O–H groups in total. The number of benzene rings is 1. The molecule has 1 aromatic carbocycles. The first-order valence-electron chi connectivity index (χ1n) is 7.96. The molecule has 0 spiro atoms. The van der Waals surface area contributed by atoms with Gasteiger partial charge < -0.3 is 10.6 Å². The van der Waals surface area contributed by atoms with Gasteiger partial charge >= 0.3 is 0 Å². The summed E-state index contributed by atoms with van der Waals surface area (Å²) in [6.45, 7) is 6.17. The van der Waals surface area contributed by atoms with Crippen molar-refractivity contribution in [3.63, 3.8) is 0 Å². The van der Waals surface area contributed by atoms with Crippen LogP contribution in [0.25, 0.3) is 0 Å². The van der Waals surface area contributed by atoms with Crippen LogP contribution in [0.15, 0.2) is 36.7 Å². The lowest BCUT2D eigenvalue weighted by atomic mass is 10.1. The quantitative estimate of drug-likeness (QED) is 0.853. The third-order valence-corrected chi connectivity index (χ3v) is 3.67. The number of aryl methyl sites for hydroxylation is 1. The Labute approximate surface area is 141 Å². The van der Waals surface area contributed by atoms with Gasteiger partial charge in [0.2, 0.25) is 0 Å². The molecule has 126 valence electrons. The lowest BCUT2D eigenvalue weighted by molar-refractivity contribution is 0.0932. The van der Waals surface area contributed by atoms with Crippen molar-refractivity contribution in [2.45, 2.75) is 39.8 Å². The molecule has 0 fully saturated rings. The minimum absolute atomic E-state index is 0.0881. The van der Waals surface area contributed by atoms with Gasteiger partial charge in [0, 0.05) is 24.3 Å². The number of carbonyl (C=O) groups is 2. The van der Waals surface area contributed by atoms with Gasteiger partial charge in [-0.25, -0.2) is 4.98 Å². The molecule has 0 aliphatic carbocycles. The standard InChI is InChI=1S/C18H22N4O2/c1-4-12(2)22-17(23)15-7-5-14(6-8-15)10-21-18(24)16-11-19-13(3)9-20-16/h5-9,11-12H,4,10H2,1-3H3,(H,21,24)(H,22,23)/t12-/m0/s1. The van der Waals surface area contributed by atoms with Crippen LogP contribution in [-0.4, -0.2) is 27.8 Å². The van der Waals surface area contributed by atoms with E-state index in [-0.39, 0.29) is 23.6 Å². The van der Waals surface area contributed by atoms with E-state index < -0.39 is 0 Å². The zero-order chi connectivity index (χ0) is 17.5. The summed E-state index contributed by atoms with van der Waals surface area (Å²) < 4.78 is 0. The van der Waals surface area contributed by atoms with Crippen LogP contribution < -0.4 is 10.6 Å². The highest BCUT2D eigenvalue weighted by Gasteiger charge is 2.09. The molecule has 0 saturated carbocycles. The van der Waals surface area contributed by atoms with Crippen molar-refractivity contribution in [2.75, 3.05) is 0 Å². The van der Waals surface area contributed by atoms with Crippen molar-refractivity contribution in [3.05, 3.63) is 59.2 Å². The van der Waals surface area contributed by atoms with Gasteiger partial charge in [0.25, 0.3) is 11.8 Å². The molecule has 1 aromatic heterocycles. The van der Waals surface area contributed by atoms with Crippen LogP contribution >= 0.6 is 0 Å². The fraction of sp³-hybridized carbons (Fsp3) is 0.333. The van der Waals surface area contributed by atoms with Gasteiger partial charge in [-0.05, 0) is 38.0 Å². The van der Waals surface area contributed by atoms with Gasteiger partial charge in [0.1, 0.15) is 5.69 Å². The average molecular weight is 326 g/mol. The van der Waals surface area contributed by atoms with Gasteiger partial charge in [-0.15, -0.1) is 0 Å². The maximum Gasteiger partial charge on any atom is 0.271 e. The topological polar surface area (TPSA) is 84.0 Å². The molecule has 1 atom stereocenters. The zero-order valence-electron chi connectivity index (χ0n) is 14.2. The highest BCUT2D eigenvalue weighted by atomic mass is 16.2. The van der Waals surface area contributed by atoms with Crippen LogP contribution in [0.1, 0.15) is 52.4 Å². The SMILES string of the molecule is CC[C@H](C)NC(=O)c1ccc(CNC(=O)c2cnc(C)cn2)cc1. The minimum Gasteiger partial charge on any atom is -0.350 e. The number of nitrogens with zero attached hydrogens (tertiary/aromatic N) is 2. The van der Waals surface area contributed by atoms with Gasteiger partial charge in [0.15, 0.2) is 0 Å². The monoisotopic (exact) mass is 326 g/mol. The molecule has 0 unspecified atom stereocenters. The number of rotatable bonds is 6. The van der Waals surface area contributed by atoms with E-state index in [2.05, 4.69) is 20.6 Å². The number of amides is 2. The van der Waals surface area contributed by atoms with Crippen LogP contribution in [0, 0.1) is 6.92 Å². The third-order valence-electron chi connectivity index (χ3n) is 3.67. The van der Waals surface area contributed by atoms with E-state index in [1.54, 1.807) is 18.3 Å². The van der Waals surface area contributed by atoms with Gasteiger partial charge in [-0.3, -0.25) is 14.6 Å². The van der Waals surface area contributed by atoms with Crippen LogP contribution in [0.5, 0.6) is 0 Å². The molecule has 2 aromatic rings. The second-order valence-corrected chi connectivity index (χ2v) is 5.71. The third kappa shape index (κ3) is 4.87. The van der Waals surface area contributed by atoms with Crippen LogP contribution in [0.3, 0.4) is 0 Å². The molecule has 0 saturated heterocycles. The van der Waals surface area contributed by atoms with Crippen molar-refractivity contribution in [2.24, 2.45) is 0 Å². The second-order valence-electron chi connectivity index (χ2n) is 5.71. The van der Waals surface area contributed by atoms with Crippen LogP contribution in [-0.2, 0) is 6.54 Å². The van der Waals surface area contributed by atoms with Gasteiger partial charge in [-0.1, -0.05) is 19.1 Å². The summed E-state index contributed by atoms with van der Waals surface area (Å²) in [6, 6.07) is 7.31. The summed E-state index contributed by atoms with van der Waals surface area (Å²) in [5.41, 5.74) is 2.56. The molecule has 2 amide bonds. The molecule has 0 aliphatic rings. The van der Waals surface area contributed by atoms with Crippen LogP contribution in [0.4, 0.5) is 0 Å². The molecular formula is C18H22N4O2. The Hall–Kier alpha value is -2.76. The number of hydrogen-bond acceptors (Lipinski definition) is 4. The summed E-state index contributed by atoms with van der Waals surface area (Å²) in [5, 5.41) is 5.70. The average Bonchev–Trinajstić information content (AvgIpc) is 2.60. The Balaban J connectivity index is 1.90. The van der Waals surface area contributed by atoms with Gasteiger partial charge in [-0.2, -0.15) is 0 Å². The van der Waals surface area contributed by atoms with Crippen molar-refractivity contribution >= 4 is 11.8 Å². The van der Waals surface area contributed by atoms with Gasteiger partial charge in [0.05, 0.1) is 11.9 Å². The smallest absolute Gasteiger partial charge is 0.271 e. The molecule has 2 rings (SSSR count). The largest absolute Gasteiger partial charge is 0.350 e. The molecule has 1 heterocycles. The van der Waals surface area contributed by atoms with E-state index in [1.807, 2.05) is 32.9 Å². The first-order valence-corrected chi connectivity index (χ1v) is 7.96. The zero-order valence-corrected chi connectivity index (χ0v) is 14.2. The molecule has 0 bridgehead atoms. The summed E-state index contributed by atoms with van der Waals surface area (Å²) in [4.78, 5) is 32.1. The Morgan fingerprint density at radius 3 is 2.38 bits per heavy atom. The molecule has 6 nitrogen and oxygen atoms in total. The fourth-order valence-corrected chi connectivity index (χ4v) is 1.97. The normalized spacial score (nSPS) is 11.6. The highest BCUT2D eigenvalue weighted by molar-refractivity contribution is 5.94. The minimum atomic E-state index is -0.277. The van der Waals surface area contributed by atoms with E-state index in [0.29, 0.717) is 12.1 Å². The Bertz CT molecular complexity index is 696. The predicted molar refractivity (Wildman–Crippen MR) is 91.6 cm³/mol. The molecule has 6 heteroatoms. The van der Waals surface area contributed by atoms with E-state index in [0.717, 1.165) is 17.7 Å². The number of hydrogen-bond donors (Lipinski definition) is 2. The van der Waals surface area contributed by atoms with E-state index >= 15 is 0 Å². The molecule has 24 heavy (non-hydrogen) atoms. The maximum atomic E-state index is 12.0. The lowest BCUT2D eigenvalue weighted by Gasteiger charge is -2.11. The molecule has 0 aliphatic heterocycles. The Morgan fingerprint density at radius 2 is 1.79 bits per heavy atom. The van der Waals surface area contributed by atoms with E-state index in [4.69, 9.17) is 0 Å². The predicted octanol–water partition coefficient (Wildman–Crippen LogP) is 2.24. The summed E-state index contributed by atoms with van der Waals surface area (Å²) in [6.07, 6.45) is 3.89. The highest BCUT2D eigenvalue weighted by Crippen LogP contribution is 2.06. The van der Waals surface area contributed by atoms with Crippen LogP contribution in [0.2, 0.25) is 0 Å². The van der Waals surface area contributed by atoms with E-state index in [9.17, 15) is 9.59 Å². The molecule has 0 radical (unpaired) electrons.